The monoisotopic (exact) mass is 499 g/mol. The predicted octanol–water partition coefficient (Wildman–Crippen LogP) is 2.67. The van der Waals surface area contributed by atoms with Crippen molar-refractivity contribution in [3.8, 4) is 6.07 Å². The van der Waals surface area contributed by atoms with E-state index in [1.54, 1.807) is 0 Å². The van der Waals surface area contributed by atoms with Gasteiger partial charge in [0, 0.05) is 44.8 Å². The quantitative estimate of drug-likeness (QED) is 0.314. The molecule has 1 aliphatic rings. The van der Waals surface area contributed by atoms with Crippen LogP contribution in [0.25, 0.3) is 0 Å². The molecule has 0 aromatic carbocycles. The summed E-state index contributed by atoms with van der Waals surface area (Å²) in [6.45, 7) is 2.06. The molecule has 2 aromatic rings. The highest BCUT2D eigenvalue weighted by Crippen LogP contribution is 2.20. The first-order chi connectivity index (χ1) is 17.5. The molecule has 1 aliphatic heterocycles. The summed E-state index contributed by atoms with van der Waals surface area (Å²) in [6, 6.07) is 5.12. The fraction of sp³-hybridized carbons (Fsp3) is 0.560. The SMILES string of the molecule is COCC(F)CN(CCCCc1ccc2c(n1)NCCC2)CCC(Nc1nccnc1C#N)C(=O)O. The van der Waals surface area contributed by atoms with Crippen molar-refractivity contribution in [2.75, 3.05) is 50.5 Å². The van der Waals surface area contributed by atoms with Crippen molar-refractivity contribution < 1.29 is 19.0 Å². The number of rotatable bonds is 15. The summed E-state index contributed by atoms with van der Waals surface area (Å²) in [5.41, 5.74) is 2.31. The van der Waals surface area contributed by atoms with Crippen LogP contribution >= 0.6 is 0 Å². The number of ether oxygens (including phenoxy) is 1. The number of methoxy groups -OCH3 is 1. The van der Waals surface area contributed by atoms with Gasteiger partial charge >= 0.3 is 5.97 Å². The van der Waals surface area contributed by atoms with Crippen molar-refractivity contribution in [2.45, 2.75) is 50.7 Å². The van der Waals surface area contributed by atoms with Crippen LogP contribution in [0.15, 0.2) is 24.5 Å². The molecule has 0 saturated heterocycles. The average Bonchev–Trinajstić information content (AvgIpc) is 2.88. The minimum atomic E-state index is -1.18. The molecule has 10 nitrogen and oxygen atoms in total. The van der Waals surface area contributed by atoms with Gasteiger partial charge in [-0.2, -0.15) is 5.26 Å². The fourth-order valence-corrected chi connectivity index (χ4v) is 4.22. The van der Waals surface area contributed by atoms with Gasteiger partial charge in [0.1, 0.15) is 24.1 Å². The first kappa shape index (κ1) is 27.2. The number of pyridine rings is 1. The Bertz CT molecular complexity index is 1030. The summed E-state index contributed by atoms with van der Waals surface area (Å²) < 4.78 is 19.3. The van der Waals surface area contributed by atoms with Gasteiger partial charge in [-0.25, -0.2) is 24.1 Å². The number of nitrogens with one attached hydrogen (secondary N) is 2. The number of alkyl halides is 1. The number of hydrogen-bond donors (Lipinski definition) is 3. The molecule has 2 unspecified atom stereocenters. The molecular formula is C25H34FN7O3. The van der Waals surface area contributed by atoms with Crippen molar-refractivity contribution in [2.24, 2.45) is 0 Å². The summed E-state index contributed by atoms with van der Waals surface area (Å²) in [5.74, 6) is 0.0223. The second-order valence-electron chi connectivity index (χ2n) is 8.84. The van der Waals surface area contributed by atoms with E-state index in [0.717, 1.165) is 50.2 Å². The van der Waals surface area contributed by atoms with E-state index in [0.29, 0.717) is 13.1 Å². The van der Waals surface area contributed by atoms with Crippen LogP contribution < -0.4 is 10.6 Å². The number of aryl methyl sites for hydroxylation is 2. The highest BCUT2D eigenvalue weighted by atomic mass is 19.1. The number of carboxylic acid groups (broad SMARTS) is 1. The van der Waals surface area contributed by atoms with E-state index < -0.39 is 18.2 Å². The molecule has 2 aromatic heterocycles. The Balaban J connectivity index is 1.54. The van der Waals surface area contributed by atoms with E-state index in [1.807, 2.05) is 11.0 Å². The zero-order valence-corrected chi connectivity index (χ0v) is 20.6. The Labute approximate surface area is 210 Å². The molecule has 194 valence electrons. The van der Waals surface area contributed by atoms with Crippen molar-refractivity contribution in [3.63, 3.8) is 0 Å². The summed E-state index contributed by atoms with van der Waals surface area (Å²) in [7, 11) is 1.45. The fourth-order valence-electron chi connectivity index (χ4n) is 4.22. The molecule has 2 atom stereocenters. The lowest BCUT2D eigenvalue weighted by atomic mass is 10.1. The van der Waals surface area contributed by atoms with Gasteiger partial charge in [-0.3, -0.25) is 0 Å². The van der Waals surface area contributed by atoms with Crippen LogP contribution in [0.3, 0.4) is 0 Å². The normalized spacial score (nSPS) is 14.4. The number of aliphatic carboxylic acids is 1. The Kier molecular flexibility index (Phi) is 10.8. The van der Waals surface area contributed by atoms with Crippen LogP contribution in [0.1, 0.15) is 42.6 Å². The number of aromatic nitrogens is 3. The summed E-state index contributed by atoms with van der Waals surface area (Å²) in [5, 5.41) is 25.0. The summed E-state index contributed by atoms with van der Waals surface area (Å²) in [4.78, 5) is 26.4. The molecule has 0 bridgehead atoms. The first-order valence-corrected chi connectivity index (χ1v) is 12.3. The maximum Gasteiger partial charge on any atom is 0.326 e. The number of carboxylic acids is 1. The van der Waals surface area contributed by atoms with Crippen molar-refractivity contribution in [1.82, 2.24) is 19.9 Å². The van der Waals surface area contributed by atoms with E-state index >= 15 is 0 Å². The van der Waals surface area contributed by atoms with Gasteiger partial charge in [0.2, 0.25) is 0 Å². The molecule has 0 radical (unpaired) electrons. The largest absolute Gasteiger partial charge is 0.480 e. The predicted molar refractivity (Wildman–Crippen MR) is 134 cm³/mol. The van der Waals surface area contributed by atoms with Crippen LogP contribution in [-0.4, -0.2) is 83.0 Å². The zero-order chi connectivity index (χ0) is 25.8. The van der Waals surface area contributed by atoms with Gasteiger partial charge in [-0.15, -0.1) is 0 Å². The van der Waals surface area contributed by atoms with Crippen LogP contribution in [-0.2, 0) is 22.4 Å². The third-order valence-electron chi connectivity index (χ3n) is 6.06. The molecule has 0 aliphatic carbocycles. The van der Waals surface area contributed by atoms with Crippen LogP contribution in [0.5, 0.6) is 0 Å². The topological polar surface area (TPSA) is 136 Å². The van der Waals surface area contributed by atoms with E-state index in [4.69, 9.17) is 9.72 Å². The van der Waals surface area contributed by atoms with E-state index in [1.165, 1.54) is 25.1 Å². The number of anilines is 2. The van der Waals surface area contributed by atoms with E-state index in [-0.39, 0.29) is 31.1 Å². The van der Waals surface area contributed by atoms with Crippen LogP contribution in [0, 0.1) is 11.3 Å². The Hall–Kier alpha value is -3.36. The molecule has 3 N–H and O–H groups in total. The second-order valence-corrected chi connectivity index (χ2v) is 8.84. The Morgan fingerprint density at radius 3 is 2.94 bits per heavy atom. The van der Waals surface area contributed by atoms with Gasteiger partial charge in [0.15, 0.2) is 11.5 Å². The lowest BCUT2D eigenvalue weighted by Gasteiger charge is -2.26. The van der Waals surface area contributed by atoms with Crippen molar-refractivity contribution >= 4 is 17.6 Å². The lowest BCUT2D eigenvalue weighted by molar-refractivity contribution is -0.138. The molecule has 3 heterocycles. The molecule has 0 spiro atoms. The minimum absolute atomic E-state index is 0.0196. The molecule has 0 amide bonds. The third kappa shape index (κ3) is 8.39. The van der Waals surface area contributed by atoms with Crippen LogP contribution in [0.4, 0.5) is 16.0 Å². The summed E-state index contributed by atoms with van der Waals surface area (Å²) in [6.07, 6.45) is 6.49. The van der Waals surface area contributed by atoms with Crippen LogP contribution in [0.2, 0.25) is 0 Å². The highest BCUT2D eigenvalue weighted by Gasteiger charge is 2.22. The zero-order valence-electron chi connectivity index (χ0n) is 20.6. The molecule has 3 rings (SSSR count). The Morgan fingerprint density at radius 2 is 2.17 bits per heavy atom. The van der Waals surface area contributed by atoms with Crippen molar-refractivity contribution in [1.29, 1.82) is 5.26 Å². The Morgan fingerprint density at radius 1 is 1.33 bits per heavy atom. The summed E-state index contributed by atoms with van der Waals surface area (Å²) >= 11 is 0. The van der Waals surface area contributed by atoms with E-state index in [2.05, 4.69) is 32.7 Å². The number of unbranched alkanes of at least 4 members (excludes halogenated alkanes) is 1. The smallest absolute Gasteiger partial charge is 0.326 e. The maximum absolute atomic E-state index is 14.3. The minimum Gasteiger partial charge on any atom is -0.480 e. The molecule has 36 heavy (non-hydrogen) atoms. The number of nitriles is 1. The third-order valence-corrected chi connectivity index (χ3v) is 6.06. The molecule has 0 fully saturated rings. The van der Waals surface area contributed by atoms with E-state index in [9.17, 15) is 19.6 Å². The molecule has 0 saturated carbocycles. The highest BCUT2D eigenvalue weighted by molar-refractivity contribution is 5.77. The number of hydrogen-bond acceptors (Lipinski definition) is 9. The molecule has 11 heteroatoms. The number of carbonyl (C=O) groups is 1. The second kappa shape index (κ2) is 14.3. The van der Waals surface area contributed by atoms with Gasteiger partial charge in [-0.05, 0) is 56.7 Å². The van der Waals surface area contributed by atoms with Gasteiger partial charge in [0.25, 0.3) is 0 Å². The molecular weight excluding hydrogens is 465 g/mol. The number of nitrogens with zero attached hydrogens (tertiary/aromatic N) is 5. The van der Waals surface area contributed by atoms with Gasteiger partial charge in [-0.1, -0.05) is 6.07 Å². The average molecular weight is 500 g/mol. The lowest BCUT2D eigenvalue weighted by Crippen LogP contribution is -2.39. The van der Waals surface area contributed by atoms with Gasteiger partial charge < -0.3 is 25.4 Å². The first-order valence-electron chi connectivity index (χ1n) is 12.3. The van der Waals surface area contributed by atoms with Crippen molar-refractivity contribution in [3.05, 3.63) is 41.5 Å². The number of fused-ring (bicyclic) bond motifs is 1. The number of halogens is 1. The standard InChI is InChI=1S/C25H34FN7O3/c1-36-17-19(26)16-33(13-3-2-6-20-8-7-18-5-4-10-29-23(18)31-20)14-9-21(25(34)35)32-24-22(15-27)28-11-12-30-24/h7-8,11-12,19,21H,2-6,9-10,13-14,16-17H2,1H3,(H,29,31)(H,30,32)(H,34,35). The maximum atomic E-state index is 14.3. The van der Waals surface area contributed by atoms with Gasteiger partial charge in [0.05, 0.1) is 6.61 Å².